The van der Waals surface area contributed by atoms with Crippen LogP contribution in [0.4, 0.5) is 10.5 Å². The van der Waals surface area contributed by atoms with Gasteiger partial charge < -0.3 is 14.8 Å². The Morgan fingerprint density at radius 3 is 2.45 bits per heavy atom. The number of anilines is 1. The molecule has 1 atom stereocenters. The number of hydrogen-bond acceptors (Lipinski definition) is 7. The van der Waals surface area contributed by atoms with Crippen molar-refractivity contribution in [3.05, 3.63) is 53.1 Å². The molecule has 0 unspecified atom stereocenters. The Balaban J connectivity index is 2.28. The first-order chi connectivity index (χ1) is 15.5. The molecule has 0 fully saturated rings. The molecular weight excluding hydrogens is 474 g/mol. The highest BCUT2D eigenvalue weighted by Gasteiger charge is 2.27. The number of benzene rings is 2. The van der Waals surface area contributed by atoms with Gasteiger partial charge in [0.05, 0.1) is 28.3 Å². The first kappa shape index (κ1) is 25.9. The van der Waals surface area contributed by atoms with Crippen molar-refractivity contribution in [2.45, 2.75) is 24.8 Å². The summed E-state index contributed by atoms with van der Waals surface area (Å²) >= 11 is 6.08. The van der Waals surface area contributed by atoms with Crippen LogP contribution in [0.3, 0.4) is 0 Å². The molecule has 0 spiro atoms. The fraction of sp³-hybridized carbons (Fsp3) is 0.286. The van der Waals surface area contributed by atoms with E-state index >= 15 is 0 Å². The molecule has 0 saturated carbocycles. The molecule has 0 aliphatic carbocycles. The molecule has 2 aromatic rings. The van der Waals surface area contributed by atoms with Gasteiger partial charge in [0.15, 0.2) is 6.10 Å². The minimum Gasteiger partial charge on any atom is -0.495 e. The van der Waals surface area contributed by atoms with E-state index in [1.807, 2.05) is 5.32 Å². The Hall–Kier alpha value is -3.31. The molecule has 0 aliphatic rings. The number of urea groups is 1. The Labute approximate surface area is 196 Å². The molecular formula is C21H24ClN3O7S. The Morgan fingerprint density at radius 1 is 1.15 bits per heavy atom. The molecule has 33 heavy (non-hydrogen) atoms. The molecule has 0 saturated heterocycles. The second-order valence-corrected chi connectivity index (χ2v) is 9.06. The number of imide groups is 1. The SMILES string of the molecule is CCNC(=O)NC(=O)[C@@H](C)OC(=O)c1cc(S(=O)(=O)N(C)c2ccccc2OC)ccc1Cl. The second-order valence-electron chi connectivity index (χ2n) is 6.68. The van der Waals surface area contributed by atoms with Crippen LogP contribution in [0, 0.1) is 0 Å². The number of para-hydroxylation sites is 2. The summed E-state index contributed by atoms with van der Waals surface area (Å²) in [5.41, 5.74) is 0.0264. The van der Waals surface area contributed by atoms with Crippen molar-refractivity contribution >= 4 is 45.2 Å². The maximum absolute atomic E-state index is 13.2. The number of nitrogens with zero attached hydrogens (tertiary/aromatic N) is 1. The van der Waals surface area contributed by atoms with E-state index < -0.39 is 34.0 Å². The summed E-state index contributed by atoms with van der Waals surface area (Å²) in [6.07, 6.45) is -1.34. The lowest BCUT2D eigenvalue weighted by molar-refractivity contribution is -0.127. The van der Waals surface area contributed by atoms with Crippen LogP contribution in [-0.2, 0) is 19.6 Å². The molecule has 10 nitrogen and oxygen atoms in total. The molecule has 0 aromatic heterocycles. The van der Waals surface area contributed by atoms with Gasteiger partial charge in [-0.05, 0) is 44.2 Å². The van der Waals surface area contributed by atoms with Gasteiger partial charge in [-0.2, -0.15) is 0 Å². The number of methoxy groups -OCH3 is 1. The topological polar surface area (TPSA) is 131 Å². The van der Waals surface area contributed by atoms with E-state index in [2.05, 4.69) is 5.32 Å². The van der Waals surface area contributed by atoms with E-state index in [1.165, 1.54) is 33.2 Å². The van der Waals surface area contributed by atoms with Gasteiger partial charge >= 0.3 is 12.0 Å². The van der Waals surface area contributed by atoms with E-state index in [4.69, 9.17) is 21.1 Å². The van der Waals surface area contributed by atoms with Gasteiger partial charge in [-0.3, -0.25) is 14.4 Å². The van der Waals surface area contributed by atoms with E-state index in [-0.39, 0.29) is 21.2 Å². The molecule has 3 amide bonds. The third-order valence-electron chi connectivity index (χ3n) is 4.47. The zero-order valence-corrected chi connectivity index (χ0v) is 20.0. The molecule has 2 N–H and O–H groups in total. The summed E-state index contributed by atoms with van der Waals surface area (Å²) in [6.45, 7) is 3.23. The summed E-state index contributed by atoms with van der Waals surface area (Å²) in [6, 6.07) is 9.32. The van der Waals surface area contributed by atoms with Crippen LogP contribution in [-0.4, -0.2) is 53.1 Å². The fourth-order valence-corrected chi connectivity index (χ4v) is 4.12. The molecule has 0 bridgehead atoms. The number of rotatable bonds is 8. The number of sulfonamides is 1. The van der Waals surface area contributed by atoms with Crippen LogP contribution in [0.15, 0.2) is 47.4 Å². The van der Waals surface area contributed by atoms with Gasteiger partial charge in [-0.1, -0.05) is 23.7 Å². The second kappa shape index (κ2) is 11.0. The molecule has 0 aliphatic heterocycles. The molecule has 0 heterocycles. The van der Waals surface area contributed by atoms with Gasteiger partial charge in [0, 0.05) is 13.6 Å². The largest absolute Gasteiger partial charge is 0.495 e. The fourth-order valence-electron chi connectivity index (χ4n) is 2.69. The number of amides is 3. The van der Waals surface area contributed by atoms with Crippen molar-refractivity contribution < 1.29 is 32.3 Å². The highest BCUT2D eigenvalue weighted by Crippen LogP contribution is 2.32. The number of nitrogens with one attached hydrogen (secondary N) is 2. The molecule has 12 heteroatoms. The standard InChI is InChI=1S/C21H24ClN3O7S/c1-5-23-21(28)24-19(26)13(2)32-20(27)15-12-14(10-11-16(15)22)33(29,30)25(3)17-8-6-7-9-18(17)31-4/h6-13H,5H2,1-4H3,(H2,23,24,26,28)/t13-/m1/s1. The van der Waals surface area contributed by atoms with Crippen LogP contribution in [0.1, 0.15) is 24.2 Å². The van der Waals surface area contributed by atoms with Crippen LogP contribution in [0.25, 0.3) is 0 Å². The summed E-state index contributed by atoms with van der Waals surface area (Å²) in [5, 5.41) is 4.31. The van der Waals surface area contributed by atoms with E-state index in [9.17, 15) is 22.8 Å². The van der Waals surface area contributed by atoms with Crippen molar-refractivity contribution in [2.75, 3.05) is 25.0 Å². The molecule has 178 valence electrons. The normalized spacial score (nSPS) is 11.8. The predicted octanol–water partition coefficient (Wildman–Crippen LogP) is 2.56. The maximum Gasteiger partial charge on any atom is 0.340 e. The lowest BCUT2D eigenvalue weighted by Crippen LogP contribution is -2.44. The number of carbonyl (C=O) groups excluding carboxylic acids is 3. The number of carbonyl (C=O) groups is 3. The van der Waals surface area contributed by atoms with Crippen molar-refractivity contribution in [3.63, 3.8) is 0 Å². The number of esters is 1. The highest BCUT2D eigenvalue weighted by atomic mass is 35.5. The molecule has 2 rings (SSSR count). The van der Waals surface area contributed by atoms with Gasteiger partial charge in [0.2, 0.25) is 0 Å². The lowest BCUT2D eigenvalue weighted by atomic mass is 10.2. The monoisotopic (exact) mass is 497 g/mol. The third-order valence-corrected chi connectivity index (χ3v) is 6.56. The molecule has 0 radical (unpaired) electrons. The maximum atomic E-state index is 13.2. The predicted molar refractivity (Wildman–Crippen MR) is 122 cm³/mol. The van der Waals surface area contributed by atoms with Crippen molar-refractivity contribution in [1.29, 1.82) is 0 Å². The van der Waals surface area contributed by atoms with Gasteiger partial charge in [0.1, 0.15) is 5.75 Å². The van der Waals surface area contributed by atoms with E-state index in [1.54, 1.807) is 31.2 Å². The van der Waals surface area contributed by atoms with Crippen molar-refractivity contribution in [3.8, 4) is 5.75 Å². The average molecular weight is 498 g/mol. The zero-order chi connectivity index (χ0) is 24.8. The van der Waals surface area contributed by atoms with E-state index in [0.29, 0.717) is 12.3 Å². The lowest BCUT2D eigenvalue weighted by Gasteiger charge is -2.22. The Morgan fingerprint density at radius 2 is 1.82 bits per heavy atom. The first-order valence-electron chi connectivity index (χ1n) is 9.74. The quantitative estimate of drug-likeness (QED) is 0.536. The van der Waals surface area contributed by atoms with Crippen LogP contribution in [0.5, 0.6) is 5.75 Å². The van der Waals surface area contributed by atoms with Gasteiger partial charge in [-0.15, -0.1) is 0 Å². The number of hydrogen-bond donors (Lipinski definition) is 2. The summed E-state index contributed by atoms with van der Waals surface area (Å²) in [5.74, 6) is -1.55. The van der Waals surface area contributed by atoms with Gasteiger partial charge in [-0.25, -0.2) is 18.0 Å². The summed E-state index contributed by atoms with van der Waals surface area (Å²) in [7, 11) is -1.35. The minimum atomic E-state index is -4.11. The van der Waals surface area contributed by atoms with Crippen LogP contribution < -0.4 is 19.7 Å². The van der Waals surface area contributed by atoms with Crippen LogP contribution >= 0.6 is 11.6 Å². The van der Waals surface area contributed by atoms with Gasteiger partial charge in [0.25, 0.3) is 15.9 Å². The van der Waals surface area contributed by atoms with E-state index in [0.717, 1.165) is 10.4 Å². The van der Waals surface area contributed by atoms with Crippen molar-refractivity contribution in [2.24, 2.45) is 0 Å². The van der Waals surface area contributed by atoms with Crippen LogP contribution in [0.2, 0.25) is 5.02 Å². The zero-order valence-electron chi connectivity index (χ0n) is 18.4. The molecule has 2 aromatic carbocycles. The average Bonchev–Trinajstić information content (AvgIpc) is 2.78. The number of ether oxygens (including phenoxy) is 2. The Bertz CT molecular complexity index is 1150. The highest BCUT2D eigenvalue weighted by molar-refractivity contribution is 7.92. The third kappa shape index (κ3) is 6.14. The minimum absolute atomic E-state index is 0.0739. The van der Waals surface area contributed by atoms with Crippen molar-refractivity contribution in [1.82, 2.24) is 10.6 Å². The Kier molecular flexibility index (Phi) is 8.66. The smallest absolute Gasteiger partial charge is 0.340 e. The summed E-state index contributed by atoms with van der Waals surface area (Å²) in [4.78, 5) is 35.8. The summed E-state index contributed by atoms with van der Waals surface area (Å²) < 4.78 is 37.6. The first-order valence-corrected chi connectivity index (χ1v) is 11.6. The number of halogens is 1.